The minimum atomic E-state index is -3.22. The Hall–Kier alpha value is -1.62. The number of halogens is 2. The predicted molar refractivity (Wildman–Crippen MR) is 120 cm³/mol. The molecule has 0 spiro atoms. The third kappa shape index (κ3) is 7.78. The second-order valence-electron chi connectivity index (χ2n) is 6.47. The summed E-state index contributed by atoms with van der Waals surface area (Å²) < 4.78 is 42.4. The van der Waals surface area contributed by atoms with Crippen molar-refractivity contribution in [1.82, 2.24) is 10.6 Å². The van der Waals surface area contributed by atoms with Crippen LogP contribution in [0.5, 0.6) is 0 Å². The van der Waals surface area contributed by atoms with E-state index >= 15 is 0 Å². The van der Waals surface area contributed by atoms with E-state index in [1.165, 1.54) is 18.2 Å². The van der Waals surface area contributed by atoms with E-state index in [-0.39, 0.29) is 36.3 Å². The molecule has 0 bridgehead atoms. The largest absolute Gasteiger partial charge is 0.466 e. The molecule has 0 saturated carbocycles. The molecule has 6 nitrogen and oxygen atoms in total. The molecule has 2 rings (SSSR count). The van der Waals surface area contributed by atoms with Gasteiger partial charge >= 0.3 is 0 Å². The Morgan fingerprint density at radius 1 is 1.14 bits per heavy atom. The molecule has 2 aromatic rings. The minimum Gasteiger partial charge on any atom is -0.466 e. The number of hydrogen-bond acceptors (Lipinski definition) is 4. The minimum absolute atomic E-state index is 0. The number of guanidine groups is 1. The second-order valence-corrected chi connectivity index (χ2v) is 8.61. The smallest absolute Gasteiger partial charge is 0.191 e. The third-order valence-corrected chi connectivity index (χ3v) is 4.76. The van der Waals surface area contributed by atoms with Gasteiger partial charge in [-0.25, -0.2) is 17.8 Å². The molecule has 0 aliphatic heterocycles. The summed E-state index contributed by atoms with van der Waals surface area (Å²) in [5, 5.41) is 6.26. The standard InChI is InChI=1S/C19H26FN3O3S.HI/c1-5-21-19(22-10-16-8-13(2)26-14(16)3)23-11-17-9-18(20)7-6-15(17)12-27(4,24)25;/h6-9H,5,10-12H2,1-4H3,(H2,21,22,23);1H. The average Bonchev–Trinajstić information content (AvgIpc) is 2.88. The lowest BCUT2D eigenvalue weighted by atomic mass is 10.1. The van der Waals surface area contributed by atoms with Crippen LogP contribution >= 0.6 is 24.0 Å². The molecule has 9 heteroatoms. The highest BCUT2D eigenvalue weighted by molar-refractivity contribution is 14.0. The number of aryl methyl sites for hydroxylation is 2. The summed E-state index contributed by atoms with van der Waals surface area (Å²) >= 11 is 0. The fourth-order valence-electron chi connectivity index (χ4n) is 2.71. The van der Waals surface area contributed by atoms with Crippen molar-refractivity contribution in [3.05, 3.63) is 58.3 Å². The zero-order valence-corrected chi connectivity index (χ0v) is 19.7. The molecule has 1 aromatic heterocycles. The second kappa shape index (κ2) is 10.8. The molecule has 0 saturated heterocycles. The van der Waals surface area contributed by atoms with Crippen LogP contribution in [0.3, 0.4) is 0 Å². The SMILES string of the molecule is CCNC(=NCc1cc(C)oc1C)NCc1cc(F)ccc1CS(C)(=O)=O.I. The zero-order valence-electron chi connectivity index (χ0n) is 16.5. The van der Waals surface area contributed by atoms with Gasteiger partial charge in [-0.2, -0.15) is 0 Å². The maximum atomic E-state index is 13.6. The number of sulfone groups is 1. The van der Waals surface area contributed by atoms with Gasteiger partial charge in [-0.05, 0) is 50.1 Å². The van der Waals surface area contributed by atoms with E-state index in [1.807, 2.05) is 26.8 Å². The van der Waals surface area contributed by atoms with Gasteiger partial charge in [0.2, 0.25) is 0 Å². The number of nitrogens with zero attached hydrogens (tertiary/aromatic N) is 1. The van der Waals surface area contributed by atoms with Crippen molar-refractivity contribution >= 4 is 39.8 Å². The molecule has 0 aliphatic rings. The lowest BCUT2D eigenvalue weighted by Crippen LogP contribution is -2.37. The van der Waals surface area contributed by atoms with Crippen LogP contribution in [0.4, 0.5) is 4.39 Å². The number of furan rings is 1. The van der Waals surface area contributed by atoms with Crippen LogP contribution < -0.4 is 10.6 Å². The quantitative estimate of drug-likeness (QED) is 0.330. The molecule has 0 atom stereocenters. The molecule has 1 heterocycles. The maximum absolute atomic E-state index is 13.6. The van der Waals surface area contributed by atoms with E-state index in [0.29, 0.717) is 30.2 Å². The first-order chi connectivity index (χ1) is 12.7. The molecule has 0 fully saturated rings. The molecule has 0 aliphatic carbocycles. The summed E-state index contributed by atoms with van der Waals surface area (Å²) in [5.41, 5.74) is 2.15. The Balaban J connectivity index is 0.00000392. The van der Waals surface area contributed by atoms with E-state index in [4.69, 9.17) is 4.42 Å². The highest BCUT2D eigenvalue weighted by Crippen LogP contribution is 2.16. The number of aliphatic imine (C=N–C) groups is 1. The van der Waals surface area contributed by atoms with Gasteiger partial charge in [-0.3, -0.25) is 0 Å². The van der Waals surface area contributed by atoms with Crippen LogP contribution in [0.25, 0.3) is 0 Å². The Bertz CT molecular complexity index is 927. The summed E-state index contributed by atoms with van der Waals surface area (Å²) in [6.45, 7) is 7.09. The van der Waals surface area contributed by atoms with Gasteiger partial charge < -0.3 is 15.1 Å². The van der Waals surface area contributed by atoms with Crippen molar-refractivity contribution in [2.24, 2.45) is 4.99 Å². The van der Waals surface area contributed by atoms with Gasteiger partial charge in [0.05, 0.1) is 12.3 Å². The van der Waals surface area contributed by atoms with Crippen LogP contribution in [0.2, 0.25) is 0 Å². The van der Waals surface area contributed by atoms with Crippen LogP contribution in [0, 0.1) is 19.7 Å². The van der Waals surface area contributed by atoms with Gasteiger partial charge in [0, 0.05) is 24.9 Å². The molecule has 156 valence electrons. The van der Waals surface area contributed by atoms with Gasteiger partial charge in [0.25, 0.3) is 0 Å². The van der Waals surface area contributed by atoms with E-state index in [1.54, 1.807) is 0 Å². The Morgan fingerprint density at radius 2 is 1.86 bits per heavy atom. The molecular formula is C19H27FIN3O3S. The van der Waals surface area contributed by atoms with Crippen molar-refractivity contribution in [3.8, 4) is 0 Å². The summed E-state index contributed by atoms with van der Waals surface area (Å²) in [6, 6.07) is 6.07. The first-order valence-electron chi connectivity index (χ1n) is 8.71. The Morgan fingerprint density at radius 3 is 2.43 bits per heavy atom. The maximum Gasteiger partial charge on any atom is 0.191 e. The highest BCUT2D eigenvalue weighted by Gasteiger charge is 2.11. The van der Waals surface area contributed by atoms with Crippen molar-refractivity contribution in [3.63, 3.8) is 0 Å². The summed E-state index contributed by atoms with van der Waals surface area (Å²) in [4.78, 5) is 4.52. The van der Waals surface area contributed by atoms with Crippen molar-refractivity contribution < 1.29 is 17.2 Å². The van der Waals surface area contributed by atoms with Crippen molar-refractivity contribution in [2.45, 2.75) is 39.6 Å². The number of hydrogen-bond donors (Lipinski definition) is 2. The summed E-state index contributed by atoms with van der Waals surface area (Å²) in [5.74, 6) is 1.68. The van der Waals surface area contributed by atoms with Crippen LogP contribution in [-0.4, -0.2) is 27.2 Å². The summed E-state index contributed by atoms with van der Waals surface area (Å²) in [7, 11) is -3.22. The molecule has 1 aromatic carbocycles. The molecule has 0 radical (unpaired) electrons. The topological polar surface area (TPSA) is 83.7 Å². The van der Waals surface area contributed by atoms with E-state index in [0.717, 1.165) is 23.3 Å². The fourth-order valence-corrected chi connectivity index (χ4v) is 3.55. The first kappa shape index (κ1) is 24.4. The molecule has 0 amide bonds. The molecular weight excluding hydrogens is 496 g/mol. The third-order valence-electron chi connectivity index (χ3n) is 3.93. The van der Waals surface area contributed by atoms with Gasteiger partial charge in [-0.15, -0.1) is 24.0 Å². The monoisotopic (exact) mass is 523 g/mol. The normalized spacial score (nSPS) is 11.8. The van der Waals surface area contributed by atoms with Crippen LogP contribution in [-0.2, 0) is 28.7 Å². The molecule has 2 N–H and O–H groups in total. The predicted octanol–water partition coefficient (Wildman–Crippen LogP) is 3.45. The first-order valence-corrected chi connectivity index (χ1v) is 10.8. The molecule has 0 unspecified atom stereocenters. The van der Waals surface area contributed by atoms with E-state index < -0.39 is 15.7 Å². The number of nitrogens with one attached hydrogen (secondary N) is 2. The zero-order chi connectivity index (χ0) is 20.0. The Kier molecular flexibility index (Phi) is 9.42. The summed E-state index contributed by atoms with van der Waals surface area (Å²) in [6.07, 6.45) is 1.16. The van der Waals surface area contributed by atoms with Gasteiger partial charge in [0.15, 0.2) is 15.8 Å². The van der Waals surface area contributed by atoms with E-state index in [2.05, 4.69) is 15.6 Å². The highest BCUT2D eigenvalue weighted by atomic mass is 127. The van der Waals surface area contributed by atoms with Crippen LogP contribution in [0.1, 0.15) is 35.1 Å². The molecule has 28 heavy (non-hydrogen) atoms. The number of rotatable bonds is 7. The number of benzene rings is 1. The van der Waals surface area contributed by atoms with Crippen molar-refractivity contribution in [1.29, 1.82) is 0 Å². The van der Waals surface area contributed by atoms with Gasteiger partial charge in [0.1, 0.15) is 17.3 Å². The lowest BCUT2D eigenvalue weighted by molar-refractivity contribution is 0.501. The van der Waals surface area contributed by atoms with E-state index in [9.17, 15) is 12.8 Å². The average molecular weight is 523 g/mol. The van der Waals surface area contributed by atoms with Crippen molar-refractivity contribution in [2.75, 3.05) is 12.8 Å². The van der Waals surface area contributed by atoms with Crippen LogP contribution in [0.15, 0.2) is 33.7 Å². The lowest BCUT2D eigenvalue weighted by Gasteiger charge is -2.14. The Labute approximate surface area is 182 Å². The van der Waals surface area contributed by atoms with Gasteiger partial charge in [-0.1, -0.05) is 6.07 Å². The fraction of sp³-hybridized carbons (Fsp3) is 0.421.